The number of hydrogen-bond acceptors (Lipinski definition) is 4. The van der Waals surface area contributed by atoms with Gasteiger partial charge in [0.15, 0.2) is 5.13 Å². The Morgan fingerprint density at radius 1 is 1.25 bits per heavy atom. The summed E-state index contributed by atoms with van der Waals surface area (Å²) < 4.78 is 1.05. The first-order valence-corrected chi connectivity index (χ1v) is 10.1. The molecule has 1 aromatic heterocycles. The normalized spacial score (nSPS) is 15.4. The lowest BCUT2D eigenvalue weighted by Gasteiger charge is -2.25. The summed E-state index contributed by atoms with van der Waals surface area (Å²) in [5.41, 5.74) is 2.21. The quantitative estimate of drug-likeness (QED) is 0.768. The van der Waals surface area contributed by atoms with Gasteiger partial charge in [-0.15, -0.1) is 11.3 Å². The van der Waals surface area contributed by atoms with Crippen LogP contribution in [0, 0.1) is 0 Å². The number of hydrogen-bond donors (Lipinski definition) is 1. The molecule has 2 aromatic rings. The molecule has 0 radical (unpaired) electrons. The van der Waals surface area contributed by atoms with Crippen LogP contribution >= 0.6 is 27.3 Å². The van der Waals surface area contributed by atoms with E-state index in [-0.39, 0.29) is 5.91 Å². The summed E-state index contributed by atoms with van der Waals surface area (Å²) in [6, 6.07) is 8.01. The molecule has 0 atom stereocenters. The van der Waals surface area contributed by atoms with Crippen LogP contribution < -0.4 is 5.32 Å². The molecule has 4 nitrogen and oxygen atoms in total. The molecule has 0 unspecified atom stereocenters. The Morgan fingerprint density at radius 3 is 2.83 bits per heavy atom. The number of amides is 1. The SMILES string of the molecule is O=C(CCc1ccccc1Br)Nc1nc(CN2CCCCC2)cs1. The fourth-order valence-corrected chi connectivity index (χ4v) is 4.12. The van der Waals surface area contributed by atoms with E-state index in [4.69, 9.17) is 0 Å². The Balaban J connectivity index is 1.47. The summed E-state index contributed by atoms with van der Waals surface area (Å²) in [5, 5.41) is 5.69. The van der Waals surface area contributed by atoms with E-state index in [2.05, 4.69) is 36.5 Å². The fraction of sp³-hybridized carbons (Fsp3) is 0.444. The fourth-order valence-electron chi connectivity index (χ4n) is 2.91. The van der Waals surface area contributed by atoms with E-state index in [0.717, 1.165) is 41.8 Å². The molecular weight excluding hydrogens is 386 g/mol. The summed E-state index contributed by atoms with van der Waals surface area (Å²) in [4.78, 5) is 19.1. The van der Waals surface area contributed by atoms with E-state index in [1.54, 1.807) is 0 Å². The van der Waals surface area contributed by atoms with Crippen molar-refractivity contribution in [1.29, 1.82) is 0 Å². The maximum absolute atomic E-state index is 12.1. The molecule has 0 spiro atoms. The zero-order valence-electron chi connectivity index (χ0n) is 13.6. The van der Waals surface area contributed by atoms with Gasteiger partial charge in [0.2, 0.25) is 5.91 Å². The first-order chi connectivity index (χ1) is 11.7. The third kappa shape index (κ3) is 5.13. The van der Waals surface area contributed by atoms with Crippen LogP contribution in [0.4, 0.5) is 5.13 Å². The topological polar surface area (TPSA) is 45.2 Å². The number of aryl methyl sites for hydroxylation is 1. The molecule has 1 fully saturated rings. The summed E-state index contributed by atoms with van der Waals surface area (Å²) in [6.45, 7) is 3.21. The summed E-state index contributed by atoms with van der Waals surface area (Å²) in [5.74, 6) is 0.0182. The van der Waals surface area contributed by atoms with Gasteiger partial charge in [0, 0.05) is 22.8 Å². The van der Waals surface area contributed by atoms with E-state index in [1.165, 1.54) is 30.6 Å². The molecule has 1 aromatic carbocycles. The lowest BCUT2D eigenvalue weighted by Crippen LogP contribution is -2.29. The van der Waals surface area contributed by atoms with Crippen LogP contribution in [0.25, 0.3) is 0 Å². The molecule has 0 bridgehead atoms. The largest absolute Gasteiger partial charge is 0.302 e. The second-order valence-corrected chi connectivity index (χ2v) is 7.83. The summed E-state index contributed by atoms with van der Waals surface area (Å²) in [6.07, 6.45) is 5.08. The third-order valence-corrected chi connectivity index (χ3v) is 5.79. The number of nitrogens with one attached hydrogen (secondary N) is 1. The highest BCUT2D eigenvalue weighted by Crippen LogP contribution is 2.20. The summed E-state index contributed by atoms with van der Waals surface area (Å²) in [7, 11) is 0. The van der Waals surface area contributed by atoms with Crippen molar-refractivity contribution in [2.45, 2.75) is 38.6 Å². The molecule has 3 rings (SSSR count). The van der Waals surface area contributed by atoms with Gasteiger partial charge in [-0.25, -0.2) is 4.98 Å². The number of carbonyl (C=O) groups excluding carboxylic acids is 1. The van der Waals surface area contributed by atoms with Gasteiger partial charge in [-0.2, -0.15) is 0 Å². The van der Waals surface area contributed by atoms with Crippen molar-refractivity contribution >= 4 is 38.3 Å². The van der Waals surface area contributed by atoms with Crippen molar-refractivity contribution in [2.24, 2.45) is 0 Å². The highest BCUT2D eigenvalue weighted by atomic mass is 79.9. The smallest absolute Gasteiger partial charge is 0.226 e. The van der Waals surface area contributed by atoms with Crippen LogP contribution in [0.3, 0.4) is 0 Å². The van der Waals surface area contributed by atoms with Gasteiger partial charge in [0.25, 0.3) is 0 Å². The van der Waals surface area contributed by atoms with E-state index in [0.29, 0.717) is 11.6 Å². The number of anilines is 1. The minimum Gasteiger partial charge on any atom is -0.302 e. The molecule has 0 aliphatic carbocycles. The van der Waals surface area contributed by atoms with Gasteiger partial charge in [-0.1, -0.05) is 40.5 Å². The lowest BCUT2D eigenvalue weighted by molar-refractivity contribution is -0.116. The average Bonchev–Trinajstić information content (AvgIpc) is 3.02. The Hall–Kier alpha value is -1.24. The van der Waals surface area contributed by atoms with Gasteiger partial charge in [0.1, 0.15) is 0 Å². The van der Waals surface area contributed by atoms with Crippen LogP contribution in [0.1, 0.15) is 36.9 Å². The van der Waals surface area contributed by atoms with Crippen LogP contribution in [0.5, 0.6) is 0 Å². The number of aromatic nitrogens is 1. The lowest BCUT2D eigenvalue weighted by atomic mass is 10.1. The first kappa shape index (κ1) is 17.6. The molecule has 6 heteroatoms. The third-order valence-electron chi connectivity index (χ3n) is 4.21. The van der Waals surface area contributed by atoms with Crippen molar-refractivity contribution in [3.8, 4) is 0 Å². The van der Waals surface area contributed by atoms with E-state index in [1.807, 2.05) is 24.3 Å². The Bertz CT molecular complexity index is 682. The van der Waals surface area contributed by atoms with Crippen LogP contribution in [0.2, 0.25) is 0 Å². The predicted octanol–water partition coefficient (Wildman–Crippen LogP) is 4.46. The van der Waals surface area contributed by atoms with Crippen molar-refractivity contribution in [1.82, 2.24) is 9.88 Å². The molecule has 0 saturated carbocycles. The second-order valence-electron chi connectivity index (χ2n) is 6.12. The monoisotopic (exact) mass is 407 g/mol. The number of nitrogens with zero attached hydrogens (tertiary/aromatic N) is 2. The molecule has 24 heavy (non-hydrogen) atoms. The van der Waals surface area contributed by atoms with Crippen molar-refractivity contribution in [2.75, 3.05) is 18.4 Å². The number of carbonyl (C=O) groups is 1. The maximum atomic E-state index is 12.1. The molecule has 1 N–H and O–H groups in total. The highest BCUT2D eigenvalue weighted by molar-refractivity contribution is 9.10. The maximum Gasteiger partial charge on any atom is 0.226 e. The zero-order valence-corrected chi connectivity index (χ0v) is 16.0. The molecule has 1 amide bonds. The standard InChI is InChI=1S/C18H22BrN3OS/c19-16-7-3-2-6-14(16)8-9-17(23)21-18-20-15(13-24-18)12-22-10-4-1-5-11-22/h2-3,6-7,13H,1,4-5,8-12H2,(H,20,21,23). The molecule has 2 heterocycles. The number of benzene rings is 1. The summed E-state index contributed by atoms with van der Waals surface area (Å²) >= 11 is 5.03. The number of halogens is 1. The predicted molar refractivity (Wildman–Crippen MR) is 102 cm³/mol. The number of piperidine rings is 1. The second kappa shape index (κ2) is 8.74. The van der Waals surface area contributed by atoms with Crippen LogP contribution in [-0.4, -0.2) is 28.9 Å². The molecule has 1 aliphatic rings. The minimum absolute atomic E-state index is 0.0182. The Kier molecular flexibility index (Phi) is 6.40. The van der Waals surface area contributed by atoms with Gasteiger partial charge in [-0.3, -0.25) is 9.69 Å². The van der Waals surface area contributed by atoms with Crippen LogP contribution in [0.15, 0.2) is 34.1 Å². The number of rotatable bonds is 6. The van der Waals surface area contributed by atoms with Gasteiger partial charge in [0.05, 0.1) is 5.69 Å². The number of thiazole rings is 1. The molecule has 128 valence electrons. The molecule has 1 saturated heterocycles. The van der Waals surface area contributed by atoms with E-state index in [9.17, 15) is 4.79 Å². The van der Waals surface area contributed by atoms with E-state index < -0.39 is 0 Å². The average molecular weight is 408 g/mol. The zero-order chi connectivity index (χ0) is 16.8. The number of likely N-dealkylation sites (tertiary alicyclic amines) is 1. The van der Waals surface area contributed by atoms with Gasteiger partial charge < -0.3 is 5.32 Å². The molecular formula is C18H22BrN3OS. The van der Waals surface area contributed by atoms with E-state index >= 15 is 0 Å². The van der Waals surface area contributed by atoms with Gasteiger partial charge >= 0.3 is 0 Å². The first-order valence-electron chi connectivity index (χ1n) is 8.41. The Morgan fingerprint density at radius 2 is 2.04 bits per heavy atom. The minimum atomic E-state index is 0.0182. The van der Waals surface area contributed by atoms with Crippen molar-refractivity contribution in [3.63, 3.8) is 0 Å². The molecule has 1 aliphatic heterocycles. The van der Waals surface area contributed by atoms with Crippen molar-refractivity contribution in [3.05, 3.63) is 45.4 Å². The van der Waals surface area contributed by atoms with Crippen LogP contribution in [-0.2, 0) is 17.8 Å². The van der Waals surface area contributed by atoms with Crippen molar-refractivity contribution < 1.29 is 4.79 Å². The Labute approximate surface area is 155 Å². The van der Waals surface area contributed by atoms with Gasteiger partial charge in [-0.05, 0) is 44.0 Å². The highest BCUT2D eigenvalue weighted by Gasteiger charge is 2.13.